The highest BCUT2D eigenvalue weighted by Crippen LogP contribution is 2.47. The van der Waals surface area contributed by atoms with Crippen molar-refractivity contribution in [2.24, 2.45) is 0 Å². The third kappa shape index (κ3) is 2.66. The maximum absolute atomic E-state index is 10.9. The number of ether oxygens (including phenoxy) is 1. The van der Waals surface area contributed by atoms with Crippen LogP contribution in [0.5, 0.6) is 5.88 Å². The summed E-state index contributed by atoms with van der Waals surface area (Å²) in [6.45, 7) is 0.690. The second-order valence-corrected chi connectivity index (χ2v) is 5.49. The molecular formula is C11H15N3O3S. The lowest BCUT2D eigenvalue weighted by atomic mass is 10.3. The molecule has 1 saturated carbocycles. The normalized spacial score (nSPS) is 16.1. The molecule has 18 heavy (non-hydrogen) atoms. The van der Waals surface area contributed by atoms with Gasteiger partial charge in [0.05, 0.1) is 12.0 Å². The third-order valence-electron chi connectivity index (χ3n) is 3.07. The Morgan fingerprint density at radius 3 is 2.83 bits per heavy atom. The number of pyridine rings is 1. The van der Waals surface area contributed by atoms with Crippen LogP contribution in [-0.2, 0) is 0 Å². The number of hydrogen-bond donors (Lipinski definition) is 1. The van der Waals surface area contributed by atoms with Crippen molar-refractivity contribution in [3.8, 4) is 5.88 Å². The van der Waals surface area contributed by atoms with Crippen LogP contribution in [0.3, 0.4) is 0 Å². The van der Waals surface area contributed by atoms with E-state index >= 15 is 0 Å². The molecule has 1 heterocycles. The van der Waals surface area contributed by atoms with Crippen LogP contribution in [0.1, 0.15) is 12.8 Å². The van der Waals surface area contributed by atoms with E-state index in [9.17, 15) is 10.1 Å². The Labute approximate surface area is 109 Å². The number of rotatable bonds is 6. The molecule has 0 aromatic carbocycles. The van der Waals surface area contributed by atoms with Gasteiger partial charge in [0, 0.05) is 23.4 Å². The van der Waals surface area contributed by atoms with Crippen molar-refractivity contribution in [1.29, 1.82) is 0 Å². The molecule has 2 rings (SSSR count). The second kappa shape index (κ2) is 5.01. The van der Waals surface area contributed by atoms with Gasteiger partial charge in [-0.05, 0) is 19.1 Å². The Kier molecular flexibility index (Phi) is 3.60. The Morgan fingerprint density at radius 1 is 1.61 bits per heavy atom. The lowest BCUT2D eigenvalue weighted by molar-refractivity contribution is -0.384. The summed E-state index contributed by atoms with van der Waals surface area (Å²) in [7, 11) is 1.49. The molecule has 1 fully saturated rings. The van der Waals surface area contributed by atoms with Gasteiger partial charge in [-0.3, -0.25) is 10.1 Å². The summed E-state index contributed by atoms with van der Waals surface area (Å²) < 4.78 is 5.21. The van der Waals surface area contributed by atoms with E-state index in [4.69, 9.17) is 4.74 Å². The fraction of sp³-hybridized carbons (Fsp3) is 0.545. The molecule has 0 bridgehead atoms. The first-order chi connectivity index (χ1) is 8.60. The Hall–Kier alpha value is -1.50. The smallest absolute Gasteiger partial charge is 0.311 e. The largest absolute Gasteiger partial charge is 0.481 e. The van der Waals surface area contributed by atoms with Gasteiger partial charge < -0.3 is 10.1 Å². The fourth-order valence-corrected chi connectivity index (χ4v) is 2.39. The van der Waals surface area contributed by atoms with E-state index in [0.29, 0.717) is 12.4 Å². The summed E-state index contributed by atoms with van der Waals surface area (Å²) in [5.41, 5.74) is -0.0206. The van der Waals surface area contributed by atoms with Crippen LogP contribution in [0.25, 0.3) is 0 Å². The number of methoxy groups -OCH3 is 1. The first-order valence-electron chi connectivity index (χ1n) is 5.59. The van der Waals surface area contributed by atoms with Gasteiger partial charge >= 0.3 is 5.69 Å². The molecular weight excluding hydrogens is 254 g/mol. The monoisotopic (exact) mass is 269 g/mol. The maximum Gasteiger partial charge on any atom is 0.311 e. The molecule has 1 N–H and O–H groups in total. The van der Waals surface area contributed by atoms with Crippen LogP contribution in [0.4, 0.5) is 11.5 Å². The lowest BCUT2D eigenvalue weighted by Crippen LogP contribution is -2.18. The Balaban J connectivity index is 2.16. The summed E-state index contributed by atoms with van der Waals surface area (Å²) in [6, 6.07) is 2.90. The Morgan fingerprint density at radius 2 is 2.33 bits per heavy atom. The van der Waals surface area contributed by atoms with Crippen molar-refractivity contribution in [3.63, 3.8) is 0 Å². The molecule has 1 aromatic rings. The highest BCUT2D eigenvalue weighted by Gasteiger charge is 2.42. The van der Waals surface area contributed by atoms with E-state index in [1.807, 2.05) is 0 Å². The zero-order valence-corrected chi connectivity index (χ0v) is 11.1. The highest BCUT2D eigenvalue weighted by atomic mass is 32.2. The number of nitrogens with one attached hydrogen (secondary N) is 1. The zero-order chi connectivity index (χ0) is 13.2. The Bertz CT molecular complexity index is 463. The van der Waals surface area contributed by atoms with Crippen LogP contribution in [0.15, 0.2) is 12.1 Å². The standard InChI is InChI=1S/C11H15N3O3S/c1-17-9-4-3-8(14(15)16)10(13-9)12-7-11(18-2)5-6-11/h3-4H,5-7H2,1-2H3,(H,12,13). The quantitative estimate of drug-likeness (QED) is 0.630. The molecule has 1 aliphatic rings. The predicted octanol–water partition coefficient (Wildman–Crippen LogP) is 2.31. The molecule has 98 valence electrons. The van der Waals surface area contributed by atoms with E-state index in [0.717, 1.165) is 12.8 Å². The predicted molar refractivity (Wildman–Crippen MR) is 71.4 cm³/mol. The molecule has 0 amide bonds. The molecule has 0 aliphatic heterocycles. The SMILES string of the molecule is COc1ccc([N+](=O)[O-])c(NCC2(SC)CC2)n1. The molecule has 0 saturated heterocycles. The minimum Gasteiger partial charge on any atom is -0.481 e. The van der Waals surface area contributed by atoms with Crippen LogP contribution in [0, 0.1) is 10.1 Å². The number of thioether (sulfide) groups is 1. The molecule has 6 nitrogen and oxygen atoms in total. The molecule has 1 aromatic heterocycles. The van der Waals surface area contributed by atoms with Gasteiger partial charge in [-0.1, -0.05) is 0 Å². The molecule has 0 radical (unpaired) electrons. The average Bonchev–Trinajstić information content (AvgIpc) is 3.16. The minimum atomic E-state index is -0.437. The van der Waals surface area contributed by atoms with E-state index < -0.39 is 4.92 Å². The number of hydrogen-bond acceptors (Lipinski definition) is 6. The van der Waals surface area contributed by atoms with Crippen molar-refractivity contribution in [1.82, 2.24) is 4.98 Å². The van der Waals surface area contributed by atoms with E-state index in [1.165, 1.54) is 19.2 Å². The van der Waals surface area contributed by atoms with E-state index in [1.54, 1.807) is 11.8 Å². The summed E-state index contributed by atoms with van der Waals surface area (Å²) in [5.74, 6) is 0.650. The summed E-state index contributed by atoms with van der Waals surface area (Å²) in [5, 5.41) is 14.0. The van der Waals surface area contributed by atoms with Crippen molar-refractivity contribution in [3.05, 3.63) is 22.2 Å². The summed E-state index contributed by atoms with van der Waals surface area (Å²) in [4.78, 5) is 14.6. The van der Waals surface area contributed by atoms with Crippen LogP contribution in [-0.4, -0.2) is 34.6 Å². The number of nitrogens with zero attached hydrogens (tertiary/aromatic N) is 2. The lowest BCUT2D eigenvalue weighted by Gasteiger charge is -2.13. The van der Waals surface area contributed by atoms with Crippen molar-refractivity contribution >= 4 is 23.3 Å². The number of aromatic nitrogens is 1. The van der Waals surface area contributed by atoms with Gasteiger partial charge in [0.15, 0.2) is 0 Å². The van der Waals surface area contributed by atoms with Crippen molar-refractivity contribution < 1.29 is 9.66 Å². The summed E-state index contributed by atoms with van der Waals surface area (Å²) >= 11 is 1.79. The first kappa shape index (κ1) is 12.9. The van der Waals surface area contributed by atoms with E-state index in [2.05, 4.69) is 16.6 Å². The minimum absolute atomic E-state index is 0.0206. The molecule has 1 aliphatic carbocycles. The zero-order valence-electron chi connectivity index (χ0n) is 10.3. The van der Waals surface area contributed by atoms with Crippen LogP contribution in [0.2, 0.25) is 0 Å². The van der Waals surface area contributed by atoms with Gasteiger partial charge in [-0.15, -0.1) is 0 Å². The van der Waals surface area contributed by atoms with Gasteiger partial charge in [-0.2, -0.15) is 16.7 Å². The third-order valence-corrected chi connectivity index (χ3v) is 4.49. The van der Waals surface area contributed by atoms with Gasteiger partial charge in [0.1, 0.15) is 0 Å². The second-order valence-electron chi connectivity index (χ2n) is 4.22. The average molecular weight is 269 g/mol. The first-order valence-corrected chi connectivity index (χ1v) is 6.81. The van der Waals surface area contributed by atoms with Crippen molar-refractivity contribution in [2.75, 3.05) is 25.2 Å². The van der Waals surface area contributed by atoms with Gasteiger partial charge in [0.25, 0.3) is 0 Å². The van der Waals surface area contributed by atoms with Gasteiger partial charge in [-0.25, -0.2) is 0 Å². The van der Waals surface area contributed by atoms with Crippen LogP contribution >= 0.6 is 11.8 Å². The van der Waals surface area contributed by atoms with Crippen LogP contribution < -0.4 is 10.1 Å². The van der Waals surface area contributed by atoms with Crippen molar-refractivity contribution in [2.45, 2.75) is 17.6 Å². The summed E-state index contributed by atoms with van der Waals surface area (Å²) in [6.07, 6.45) is 4.33. The topological polar surface area (TPSA) is 77.3 Å². The molecule has 0 unspecified atom stereocenters. The van der Waals surface area contributed by atoms with E-state index in [-0.39, 0.29) is 16.3 Å². The maximum atomic E-state index is 10.9. The molecule has 7 heteroatoms. The fourth-order valence-electron chi connectivity index (χ4n) is 1.66. The number of anilines is 1. The number of nitro groups is 1. The van der Waals surface area contributed by atoms with Gasteiger partial charge in [0.2, 0.25) is 11.7 Å². The molecule has 0 spiro atoms. The highest BCUT2D eigenvalue weighted by molar-refractivity contribution is 8.00. The molecule has 0 atom stereocenters.